The van der Waals surface area contributed by atoms with E-state index in [0.29, 0.717) is 6.61 Å². The molecule has 0 aromatic heterocycles. The smallest absolute Gasteiger partial charge is 0.125 e. The highest BCUT2D eigenvalue weighted by Crippen LogP contribution is 2.30. The van der Waals surface area contributed by atoms with Crippen molar-refractivity contribution in [3.05, 3.63) is 89.0 Å². The van der Waals surface area contributed by atoms with E-state index in [4.69, 9.17) is 11.2 Å². The normalized spacial score (nSPS) is 10.2. The summed E-state index contributed by atoms with van der Waals surface area (Å²) in [6, 6.07) is 22.6. The first-order valence-electron chi connectivity index (χ1n) is 8.02. The molecule has 3 aromatic carbocycles. The molecular weight excluding hydrogens is 292 g/mol. The number of benzene rings is 3. The summed E-state index contributed by atoms with van der Waals surface area (Å²) in [6.45, 7) is 4.76. The van der Waals surface area contributed by atoms with Gasteiger partial charge in [0.05, 0.1) is 0 Å². The average Bonchev–Trinajstić information content (AvgIpc) is 2.62. The van der Waals surface area contributed by atoms with Crippen molar-refractivity contribution in [2.45, 2.75) is 20.5 Å². The van der Waals surface area contributed by atoms with Crippen LogP contribution in [-0.4, -0.2) is 0 Å². The summed E-state index contributed by atoms with van der Waals surface area (Å²) in [6.07, 6.45) is 5.42. The van der Waals surface area contributed by atoms with E-state index >= 15 is 0 Å². The van der Waals surface area contributed by atoms with Crippen LogP contribution in [-0.2, 0) is 6.61 Å². The van der Waals surface area contributed by atoms with Gasteiger partial charge in [-0.3, -0.25) is 0 Å². The van der Waals surface area contributed by atoms with E-state index in [-0.39, 0.29) is 0 Å². The third-order valence-electron chi connectivity index (χ3n) is 4.07. The minimum absolute atomic E-state index is 0.582. The zero-order valence-electron chi connectivity index (χ0n) is 14.0. The molecule has 1 nitrogen and oxygen atoms in total. The number of ether oxygens (including phenoxy) is 1. The summed E-state index contributed by atoms with van der Waals surface area (Å²) in [5, 5.41) is 0. The van der Waals surface area contributed by atoms with Gasteiger partial charge in [-0.25, -0.2) is 0 Å². The molecule has 0 bridgehead atoms. The third-order valence-corrected chi connectivity index (χ3v) is 4.07. The van der Waals surface area contributed by atoms with Gasteiger partial charge in [-0.1, -0.05) is 48.4 Å². The molecule has 118 valence electrons. The Hall–Kier alpha value is -2.98. The van der Waals surface area contributed by atoms with Crippen molar-refractivity contribution in [2.75, 3.05) is 0 Å². The van der Waals surface area contributed by atoms with Gasteiger partial charge in [0, 0.05) is 5.56 Å². The molecule has 0 amide bonds. The lowest BCUT2D eigenvalue weighted by Crippen LogP contribution is -1.99. The largest absolute Gasteiger partial charge is 0.488 e. The molecule has 0 saturated carbocycles. The molecule has 1 heteroatoms. The molecule has 24 heavy (non-hydrogen) atoms. The first-order chi connectivity index (χ1) is 11.7. The van der Waals surface area contributed by atoms with Crippen LogP contribution in [0.15, 0.2) is 66.7 Å². The van der Waals surface area contributed by atoms with Crippen LogP contribution in [0.4, 0.5) is 0 Å². The number of aryl methyl sites for hydroxylation is 2. The minimum Gasteiger partial charge on any atom is -0.488 e. The molecule has 0 heterocycles. The third kappa shape index (κ3) is 3.50. The van der Waals surface area contributed by atoms with Crippen molar-refractivity contribution in [1.82, 2.24) is 0 Å². The topological polar surface area (TPSA) is 9.23 Å². The van der Waals surface area contributed by atoms with Gasteiger partial charge in [-0.15, -0.1) is 6.42 Å². The number of rotatable bonds is 4. The second-order valence-electron chi connectivity index (χ2n) is 5.94. The molecule has 0 aliphatic carbocycles. The molecular formula is C23H20O. The monoisotopic (exact) mass is 312 g/mol. The van der Waals surface area contributed by atoms with E-state index in [2.05, 4.69) is 56.2 Å². The predicted octanol–water partition coefficient (Wildman–Crippen LogP) is 5.53. The van der Waals surface area contributed by atoms with E-state index in [9.17, 15) is 0 Å². The number of terminal acetylenes is 1. The second kappa shape index (κ2) is 7.06. The van der Waals surface area contributed by atoms with Gasteiger partial charge in [-0.2, -0.15) is 0 Å². The summed E-state index contributed by atoms with van der Waals surface area (Å²) >= 11 is 0. The SMILES string of the molecule is C#Cc1ccc(-c2cc(C)c(OCc3ccccc3)c(C)c2)cc1. The Labute approximate surface area is 143 Å². The lowest BCUT2D eigenvalue weighted by molar-refractivity contribution is 0.302. The maximum atomic E-state index is 6.05. The van der Waals surface area contributed by atoms with Gasteiger partial charge >= 0.3 is 0 Å². The van der Waals surface area contributed by atoms with Crippen molar-refractivity contribution in [3.8, 4) is 29.2 Å². The number of hydrogen-bond acceptors (Lipinski definition) is 1. The first-order valence-corrected chi connectivity index (χ1v) is 8.02. The molecule has 0 saturated heterocycles. The molecule has 3 aromatic rings. The summed E-state index contributed by atoms with van der Waals surface area (Å²) in [7, 11) is 0. The van der Waals surface area contributed by atoms with Crippen LogP contribution < -0.4 is 4.74 Å². The molecule has 0 radical (unpaired) electrons. The Morgan fingerprint density at radius 2 is 1.46 bits per heavy atom. The van der Waals surface area contributed by atoms with E-state index in [1.54, 1.807) is 0 Å². The van der Waals surface area contributed by atoms with E-state index in [1.807, 2.05) is 30.3 Å². The Morgan fingerprint density at radius 1 is 0.833 bits per heavy atom. The molecule has 0 spiro atoms. The van der Waals surface area contributed by atoms with Crippen molar-refractivity contribution in [3.63, 3.8) is 0 Å². The second-order valence-corrected chi connectivity index (χ2v) is 5.94. The molecule has 0 unspecified atom stereocenters. The molecule has 3 rings (SSSR count). The highest BCUT2D eigenvalue weighted by molar-refractivity contribution is 5.68. The quantitative estimate of drug-likeness (QED) is 0.575. The Morgan fingerprint density at radius 3 is 2.04 bits per heavy atom. The van der Waals surface area contributed by atoms with Crippen LogP contribution >= 0.6 is 0 Å². The average molecular weight is 312 g/mol. The first kappa shape index (κ1) is 15.9. The fourth-order valence-electron chi connectivity index (χ4n) is 2.83. The van der Waals surface area contributed by atoms with Crippen molar-refractivity contribution < 1.29 is 4.74 Å². The van der Waals surface area contributed by atoms with Gasteiger partial charge in [0.15, 0.2) is 0 Å². The van der Waals surface area contributed by atoms with Crippen LogP contribution in [0.5, 0.6) is 5.75 Å². The Bertz CT molecular complexity index is 845. The van der Waals surface area contributed by atoms with Crippen LogP contribution in [0.1, 0.15) is 22.3 Å². The van der Waals surface area contributed by atoms with Gasteiger partial charge in [0.1, 0.15) is 12.4 Å². The molecule has 0 N–H and O–H groups in total. The van der Waals surface area contributed by atoms with Crippen LogP contribution in [0.25, 0.3) is 11.1 Å². The van der Waals surface area contributed by atoms with Crippen molar-refractivity contribution in [2.24, 2.45) is 0 Å². The summed E-state index contributed by atoms with van der Waals surface area (Å²) < 4.78 is 6.05. The molecule has 0 atom stereocenters. The maximum absolute atomic E-state index is 6.05. The molecule has 0 aliphatic rings. The highest BCUT2D eigenvalue weighted by Gasteiger charge is 2.08. The molecule has 0 fully saturated rings. The van der Waals surface area contributed by atoms with Crippen molar-refractivity contribution >= 4 is 0 Å². The summed E-state index contributed by atoms with van der Waals surface area (Å²) in [5.74, 6) is 3.61. The van der Waals surface area contributed by atoms with Gasteiger partial charge in [0.25, 0.3) is 0 Å². The lowest BCUT2D eigenvalue weighted by atomic mass is 9.99. The van der Waals surface area contributed by atoms with Gasteiger partial charge < -0.3 is 4.74 Å². The van der Waals surface area contributed by atoms with E-state index in [1.165, 1.54) is 11.1 Å². The minimum atomic E-state index is 0.582. The number of hydrogen-bond donors (Lipinski definition) is 0. The van der Waals surface area contributed by atoms with E-state index in [0.717, 1.165) is 28.0 Å². The summed E-state index contributed by atoms with van der Waals surface area (Å²) in [5.41, 5.74) is 6.69. The van der Waals surface area contributed by atoms with Crippen LogP contribution in [0.3, 0.4) is 0 Å². The fraction of sp³-hybridized carbons (Fsp3) is 0.130. The Kier molecular flexibility index (Phi) is 4.68. The summed E-state index contributed by atoms with van der Waals surface area (Å²) in [4.78, 5) is 0. The lowest BCUT2D eigenvalue weighted by Gasteiger charge is -2.14. The zero-order chi connectivity index (χ0) is 16.9. The van der Waals surface area contributed by atoms with Gasteiger partial charge in [-0.05, 0) is 65.9 Å². The van der Waals surface area contributed by atoms with Crippen LogP contribution in [0, 0.1) is 26.2 Å². The molecule has 0 aliphatic heterocycles. The van der Waals surface area contributed by atoms with Crippen molar-refractivity contribution in [1.29, 1.82) is 0 Å². The fourth-order valence-corrected chi connectivity index (χ4v) is 2.83. The predicted molar refractivity (Wildman–Crippen MR) is 100 cm³/mol. The standard InChI is InChI=1S/C23H20O/c1-4-19-10-12-21(13-11-19)22-14-17(2)23(18(3)15-22)24-16-20-8-6-5-7-9-20/h1,5-15H,16H2,2-3H3. The van der Waals surface area contributed by atoms with Crippen LogP contribution in [0.2, 0.25) is 0 Å². The highest BCUT2D eigenvalue weighted by atomic mass is 16.5. The Balaban J connectivity index is 1.84. The van der Waals surface area contributed by atoms with Gasteiger partial charge in [0.2, 0.25) is 0 Å². The van der Waals surface area contributed by atoms with E-state index < -0.39 is 0 Å². The zero-order valence-corrected chi connectivity index (χ0v) is 14.0. The maximum Gasteiger partial charge on any atom is 0.125 e.